The Balaban J connectivity index is 2.08. The Morgan fingerprint density at radius 1 is 1.05 bits per heavy atom. The molecular formula is C16H13ClFNO2. The van der Waals surface area contributed by atoms with Crippen molar-refractivity contribution < 1.29 is 14.0 Å². The average molecular weight is 306 g/mol. The van der Waals surface area contributed by atoms with E-state index in [1.54, 1.807) is 30.3 Å². The Labute approximate surface area is 126 Å². The van der Waals surface area contributed by atoms with Crippen molar-refractivity contribution in [3.63, 3.8) is 0 Å². The van der Waals surface area contributed by atoms with Gasteiger partial charge in [0.1, 0.15) is 5.82 Å². The summed E-state index contributed by atoms with van der Waals surface area (Å²) in [7, 11) is 0. The standard InChI is InChI=1S/C16H13ClFNO2/c17-16-12(8-11(19)9-13(16)18)15(21)7-6-14(20)10-4-2-1-3-5-10/h1-5,8-9H,6-7,19H2. The second kappa shape index (κ2) is 6.50. The van der Waals surface area contributed by atoms with Gasteiger partial charge in [-0.2, -0.15) is 0 Å². The van der Waals surface area contributed by atoms with Crippen molar-refractivity contribution in [2.24, 2.45) is 0 Å². The number of benzene rings is 2. The van der Waals surface area contributed by atoms with Gasteiger partial charge in [0.05, 0.1) is 5.02 Å². The Hall–Kier alpha value is -2.20. The minimum Gasteiger partial charge on any atom is -0.399 e. The Morgan fingerprint density at radius 2 is 1.67 bits per heavy atom. The molecule has 0 radical (unpaired) electrons. The van der Waals surface area contributed by atoms with Crippen molar-refractivity contribution in [2.45, 2.75) is 12.8 Å². The van der Waals surface area contributed by atoms with Gasteiger partial charge in [0.2, 0.25) is 0 Å². The van der Waals surface area contributed by atoms with Crippen molar-refractivity contribution in [1.29, 1.82) is 0 Å². The van der Waals surface area contributed by atoms with E-state index in [-0.39, 0.29) is 34.9 Å². The maximum atomic E-state index is 13.4. The molecule has 0 saturated carbocycles. The van der Waals surface area contributed by atoms with Crippen LogP contribution in [0.4, 0.5) is 10.1 Å². The van der Waals surface area contributed by atoms with Gasteiger partial charge in [-0.15, -0.1) is 0 Å². The lowest BCUT2D eigenvalue weighted by molar-refractivity contribution is 0.0917. The zero-order valence-electron chi connectivity index (χ0n) is 11.1. The smallest absolute Gasteiger partial charge is 0.165 e. The first kappa shape index (κ1) is 15.2. The summed E-state index contributed by atoms with van der Waals surface area (Å²) in [6, 6.07) is 11.0. The van der Waals surface area contributed by atoms with Gasteiger partial charge in [0.15, 0.2) is 11.6 Å². The molecule has 0 aliphatic rings. The van der Waals surface area contributed by atoms with E-state index < -0.39 is 11.6 Å². The topological polar surface area (TPSA) is 60.2 Å². The fourth-order valence-electron chi connectivity index (χ4n) is 1.94. The maximum absolute atomic E-state index is 13.4. The summed E-state index contributed by atoms with van der Waals surface area (Å²) in [6.07, 6.45) is -0.00800. The molecule has 2 rings (SSSR count). The van der Waals surface area contributed by atoms with Crippen LogP contribution in [0.25, 0.3) is 0 Å². The van der Waals surface area contributed by atoms with Crippen molar-refractivity contribution in [1.82, 2.24) is 0 Å². The number of nitrogen functional groups attached to an aromatic ring is 1. The van der Waals surface area contributed by atoms with Crippen LogP contribution in [-0.2, 0) is 0 Å². The van der Waals surface area contributed by atoms with Crippen LogP contribution in [0.1, 0.15) is 33.6 Å². The first-order valence-corrected chi connectivity index (χ1v) is 6.73. The quantitative estimate of drug-likeness (QED) is 0.673. The molecule has 0 amide bonds. The lowest BCUT2D eigenvalue weighted by atomic mass is 10.0. The lowest BCUT2D eigenvalue weighted by Crippen LogP contribution is -2.07. The number of rotatable bonds is 5. The van der Waals surface area contributed by atoms with Crippen LogP contribution in [0.2, 0.25) is 5.02 Å². The van der Waals surface area contributed by atoms with Crippen LogP contribution < -0.4 is 5.73 Å². The van der Waals surface area contributed by atoms with Gasteiger partial charge in [-0.05, 0) is 12.1 Å². The number of hydrogen-bond donors (Lipinski definition) is 1. The monoisotopic (exact) mass is 305 g/mol. The van der Waals surface area contributed by atoms with E-state index in [0.717, 1.165) is 6.07 Å². The fourth-order valence-corrected chi connectivity index (χ4v) is 2.16. The second-order valence-electron chi connectivity index (χ2n) is 4.58. The first-order chi connectivity index (χ1) is 9.99. The van der Waals surface area contributed by atoms with E-state index >= 15 is 0 Å². The van der Waals surface area contributed by atoms with Crippen molar-refractivity contribution in [3.8, 4) is 0 Å². The third kappa shape index (κ3) is 3.67. The summed E-state index contributed by atoms with van der Waals surface area (Å²) < 4.78 is 13.4. The number of halogens is 2. The zero-order chi connectivity index (χ0) is 15.4. The molecule has 0 heterocycles. The van der Waals surface area contributed by atoms with E-state index in [0.29, 0.717) is 5.56 Å². The highest BCUT2D eigenvalue weighted by Gasteiger charge is 2.16. The molecule has 2 aromatic rings. The molecule has 0 fully saturated rings. The van der Waals surface area contributed by atoms with Crippen molar-refractivity contribution in [3.05, 3.63) is 64.4 Å². The molecule has 5 heteroatoms. The maximum Gasteiger partial charge on any atom is 0.165 e. The lowest BCUT2D eigenvalue weighted by Gasteiger charge is -2.06. The molecule has 0 saturated heterocycles. The van der Waals surface area contributed by atoms with Gasteiger partial charge in [-0.3, -0.25) is 9.59 Å². The second-order valence-corrected chi connectivity index (χ2v) is 4.95. The third-order valence-corrected chi connectivity index (χ3v) is 3.41. The van der Waals surface area contributed by atoms with Crippen molar-refractivity contribution in [2.75, 3.05) is 5.73 Å². The van der Waals surface area contributed by atoms with Crippen LogP contribution in [0.15, 0.2) is 42.5 Å². The van der Waals surface area contributed by atoms with E-state index in [1.807, 2.05) is 0 Å². The SMILES string of the molecule is Nc1cc(F)c(Cl)c(C(=O)CCC(=O)c2ccccc2)c1. The van der Waals surface area contributed by atoms with Gasteiger partial charge >= 0.3 is 0 Å². The minimum absolute atomic E-state index is 0.00929. The number of Topliss-reactive ketones (excluding diaryl/α,β-unsaturated/α-hetero) is 2. The third-order valence-electron chi connectivity index (χ3n) is 3.03. The van der Waals surface area contributed by atoms with Gasteiger partial charge < -0.3 is 5.73 Å². The van der Waals surface area contributed by atoms with Crippen molar-refractivity contribution >= 4 is 28.9 Å². The van der Waals surface area contributed by atoms with Crippen LogP contribution in [0.5, 0.6) is 0 Å². The molecule has 0 atom stereocenters. The summed E-state index contributed by atoms with van der Waals surface area (Å²) in [4.78, 5) is 24.0. The highest BCUT2D eigenvalue weighted by Crippen LogP contribution is 2.25. The molecule has 108 valence electrons. The minimum atomic E-state index is -0.741. The average Bonchev–Trinajstić information content (AvgIpc) is 2.49. The molecule has 0 aliphatic carbocycles. The molecule has 2 aromatic carbocycles. The molecular weight excluding hydrogens is 293 g/mol. The zero-order valence-corrected chi connectivity index (χ0v) is 11.9. The molecule has 0 aromatic heterocycles. The van der Waals surface area contributed by atoms with E-state index in [4.69, 9.17) is 17.3 Å². The number of nitrogens with two attached hydrogens (primary N) is 1. The Kier molecular flexibility index (Phi) is 4.70. The van der Waals surface area contributed by atoms with Gasteiger partial charge in [-0.25, -0.2) is 4.39 Å². The Morgan fingerprint density at radius 3 is 2.33 bits per heavy atom. The molecule has 3 nitrogen and oxygen atoms in total. The number of carbonyl (C=O) groups is 2. The molecule has 0 bridgehead atoms. The van der Waals surface area contributed by atoms with Gasteiger partial charge in [-0.1, -0.05) is 41.9 Å². The summed E-state index contributed by atoms with van der Waals surface area (Å²) >= 11 is 5.76. The predicted octanol–water partition coefficient (Wildman–Crippen LogP) is 3.91. The summed E-state index contributed by atoms with van der Waals surface area (Å²) in [5.41, 5.74) is 6.16. The van der Waals surface area contributed by atoms with Gasteiger partial charge in [0, 0.05) is 29.7 Å². The highest BCUT2D eigenvalue weighted by atomic mass is 35.5. The van der Waals surface area contributed by atoms with Crippen LogP contribution in [0, 0.1) is 5.82 Å². The number of hydrogen-bond acceptors (Lipinski definition) is 3. The molecule has 0 unspecified atom stereocenters. The number of ketones is 2. The first-order valence-electron chi connectivity index (χ1n) is 6.35. The van der Waals surface area contributed by atoms with E-state index in [9.17, 15) is 14.0 Å². The van der Waals surface area contributed by atoms with Crippen LogP contribution in [-0.4, -0.2) is 11.6 Å². The van der Waals surface area contributed by atoms with E-state index in [1.165, 1.54) is 6.07 Å². The summed E-state index contributed by atoms with van der Waals surface area (Å²) in [6.45, 7) is 0. The van der Waals surface area contributed by atoms with Gasteiger partial charge in [0.25, 0.3) is 0 Å². The molecule has 0 spiro atoms. The summed E-state index contributed by atoms with van der Waals surface area (Å²) in [5, 5.41) is -0.263. The summed E-state index contributed by atoms with van der Waals surface area (Å²) in [5.74, 6) is -1.30. The van der Waals surface area contributed by atoms with Crippen LogP contribution >= 0.6 is 11.6 Å². The largest absolute Gasteiger partial charge is 0.399 e. The highest BCUT2D eigenvalue weighted by molar-refractivity contribution is 6.34. The predicted molar refractivity (Wildman–Crippen MR) is 80.2 cm³/mol. The number of carbonyl (C=O) groups excluding carboxylic acids is 2. The normalized spacial score (nSPS) is 10.4. The van der Waals surface area contributed by atoms with E-state index in [2.05, 4.69) is 0 Å². The number of anilines is 1. The molecule has 2 N–H and O–H groups in total. The Bertz CT molecular complexity index is 686. The molecule has 0 aliphatic heterocycles. The van der Waals surface area contributed by atoms with Crippen LogP contribution in [0.3, 0.4) is 0 Å². The molecule has 21 heavy (non-hydrogen) atoms. The fraction of sp³-hybridized carbons (Fsp3) is 0.125.